The van der Waals surface area contributed by atoms with Crippen LogP contribution in [0, 0.1) is 0 Å². The van der Waals surface area contributed by atoms with E-state index in [9.17, 15) is 14.4 Å². The second kappa shape index (κ2) is 10.3. The van der Waals surface area contributed by atoms with Crippen LogP contribution in [0.15, 0.2) is 24.3 Å². The fraction of sp³-hybridized carbons (Fsp3) is 0.571. The molecule has 2 fully saturated rings. The van der Waals surface area contributed by atoms with Gasteiger partial charge in [0.05, 0.1) is 19.7 Å². The topological polar surface area (TPSA) is 97.4 Å². The second-order valence-corrected chi connectivity index (χ2v) is 7.61. The van der Waals surface area contributed by atoms with Gasteiger partial charge in [-0.15, -0.1) is 0 Å². The van der Waals surface area contributed by atoms with E-state index < -0.39 is 23.9 Å². The third-order valence-electron chi connectivity index (χ3n) is 4.21. The number of benzene rings is 1. The molecule has 1 unspecified atom stereocenters. The smallest absolute Gasteiger partial charge is 0.414 e. The zero-order chi connectivity index (χ0) is 22.3. The van der Waals surface area contributed by atoms with Crippen molar-refractivity contribution in [1.29, 1.82) is 0 Å². The van der Waals surface area contributed by atoms with Crippen molar-refractivity contribution >= 4 is 29.5 Å². The number of ether oxygens (including phenoxy) is 3. The monoisotopic (exact) mass is 421 g/mol. The predicted octanol–water partition coefficient (Wildman–Crippen LogP) is 2.93. The molecule has 2 aliphatic heterocycles. The molecular weight excluding hydrogens is 390 g/mol. The molecule has 166 valence electrons. The Bertz CT molecular complexity index is 744. The van der Waals surface area contributed by atoms with Gasteiger partial charge in [-0.25, -0.2) is 9.59 Å². The van der Waals surface area contributed by atoms with Gasteiger partial charge in [0.25, 0.3) is 5.91 Å². The molecule has 1 aromatic rings. The van der Waals surface area contributed by atoms with Gasteiger partial charge in [-0.3, -0.25) is 9.69 Å². The largest absolute Gasteiger partial charge is 0.444 e. The molecule has 2 aliphatic rings. The summed E-state index contributed by atoms with van der Waals surface area (Å²) in [6, 6.07) is 7.11. The summed E-state index contributed by atoms with van der Waals surface area (Å²) in [4.78, 5) is 39.0. The summed E-state index contributed by atoms with van der Waals surface area (Å²) < 4.78 is 15.6. The Morgan fingerprint density at radius 3 is 2.30 bits per heavy atom. The van der Waals surface area contributed by atoms with Crippen molar-refractivity contribution in [2.45, 2.75) is 46.3 Å². The number of amides is 3. The van der Waals surface area contributed by atoms with Crippen LogP contribution in [0.25, 0.3) is 0 Å². The van der Waals surface area contributed by atoms with Crippen molar-refractivity contribution in [3.8, 4) is 0 Å². The Hall–Kier alpha value is -2.81. The summed E-state index contributed by atoms with van der Waals surface area (Å²) in [6.07, 6.45) is -1.51. The number of hydrogen-bond acceptors (Lipinski definition) is 6. The number of cyclic esters (lactones) is 1. The molecule has 9 heteroatoms. The molecule has 1 N–H and O–H groups in total. The molecule has 0 spiro atoms. The van der Waals surface area contributed by atoms with Crippen LogP contribution in [0.2, 0.25) is 0 Å². The quantitative estimate of drug-likeness (QED) is 0.803. The van der Waals surface area contributed by atoms with Crippen LogP contribution in [0.5, 0.6) is 0 Å². The lowest BCUT2D eigenvalue weighted by Gasteiger charge is -2.27. The number of carbonyl (C=O) groups excluding carboxylic acids is 3. The third kappa shape index (κ3) is 6.35. The molecule has 2 heterocycles. The van der Waals surface area contributed by atoms with Gasteiger partial charge in [-0.2, -0.15) is 0 Å². The van der Waals surface area contributed by atoms with Gasteiger partial charge in [0.2, 0.25) is 0 Å². The van der Waals surface area contributed by atoms with Gasteiger partial charge in [0.15, 0.2) is 0 Å². The van der Waals surface area contributed by atoms with Gasteiger partial charge >= 0.3 is 12.2 Å². The van der Waals surface area contributed by atoms with Crippen molar-refractivity contribution in [2.24, 2.45) is 0 Å². The second-order valence-electron chi connectivity index (χ2n) is 7.61. The highest BCUT2D eigenvalue weighted by Crippen LogP contribution is 2.25. The average molecular weight is 421 g/mol. The van der Waals surface area contributed by atoms with E-state index in [1.54, 1.807) is 49.9 Å². The van der Waals surface area contributed by atoms with E-state index >= 15 is 0 Å². The summed E-state index contributed by atoms with van der Waals surface area (Å²) in [5, 5.41) is 2.61. The summed E-state index contributed by atoms with van der Waals surface area (Å²) in [5.74, 6) is -0.0899. The highest BCUT2D eigenvalue weighted by atomic mass is 16.6. The molecule has 0 bridgehead atoms. The number of morpholine rings is 1. The van der Waals surface area contributed by atoms with E-state index in [0.717, 1.165) is 5.69 Å². The zero-order valence-electron chi connectivity index (χ0n) is 18.3. The Morgan fingerprint density at radius 2 is 1.73 bits per heavy atom. The van der Waals surface area contributed by atoms with Crippen molar-refractivity contribution in [1.82, 2.24) is 5.32 Å². The van der Waals surface area contributed by atoms with Crippen LogP contribution in [0.3, 0.4) is 0 Å². The number of nitrogens with zero attached hydrogens (tertiary/aromatic N) is 2. The number of hydrogen-bond donors (Lipinski definition) is 1. The Balaban J connectivity index is 0.00000155. The van der Waals surface area contributed by atoms with Crippen LogP contribution in [0.4, 0.5) is 21.0 Å². The molecular formula is C21H31N3O6. The van der Waals surface area contributed by atoms with Crippen LogP contribution >= 0.6 is 0 Å². The fourth-order valence-electron chi connectivity index (χ4n) is 2.95. The number of anilines is 2. The highest BCUT2D eigenvalue weighted by molar-refractivity contribution is 5.95. The minimum atomic E-state index is -0.591. The first-order valence-corrected chi connectivity index (χ1v) is 10.2. The molecule has 30 heavy (non-hydrogen) atoms. The first-order valence-electron chi connectivity index (χ1n) is 10.2. The lowest BCUT2D eigenvalue weighted by molar-refractivity contribution is -0.125. The van der Waals surface area contributed by atoms with Gasteiger partial charge in [0, 0.05) is 17.9 Å². The molecule has 0 radical (unpaired) electrons. The van der Waals surface area contributed by atoms with Gasteiger partial charge in [-0.05, 0) is 45.0 Å². The standard InChI is InChI=1S/C19H25N3O6.C2H6/c1-19(2,3)28-17(24)20-10-15-11-22(18(25)27-15)14-6-4-13(5-7-14)21-8-9-26-12-16(21)23;1-2/h4-7,15H,8-12H2,1-3H3,(H,20,24);1-2H3. The van der Waals surface area contributed by atoms with Crippen molar-refractivity contribution in [2.75, 3.05) is 42.6 Å². The molecule has 3 rings (SSSR count). The Kier molecular flexibility index (Phi) is 8.05. The van der Waals surface area contributed by atoms with E-state index in [1.165, 1.54) is 4.90 Å². The minimum Gasteiger partial charge on any atom is -0.444 e. The van der Waals surface area contributed by atoms with Crippen LogP contribution in [-0.4, -0.2) is 62.6 Å². The number of rotatable bonds is 4. The van der Waals surface area contributed by atoms with E-state index in [-0.39, 0.29) is 19.1 Å². The van der Waals surface area contributed by atoms with E-state index in [0.29, 0.717) is 25.4 Å². The molecule has 3 amide bonds. The van der Waals surface area contributed by atoms with Crippen LogP contribution < -0.4 is 15.1 Å². The molecule has 0 aliphatic carbocycles. The van der Waals surface area contributed by atoms with Crippen LogP contribution in [-0.2, 0) is 19.0 Å². The summed E-state index contributed by atoms with van der Waals surface area (Å²) in [6.45, 7) is 10.9. The molecule has 9 nitrogen and oxygen atoms in total. The SMILES string of the molecule is CC.CC(C)(C)OC(=O)NCC1CN(c2ccc(N3CCOCC3=O)cc2)C(=O)O1. The minimum absolute atomic E-state index is 0.0759. The van der Waals surface area contributed by atoms with Crippen molar-refractivity contribution < 1.29 is 28.6 Å². The molecule has 2 saturated heterocycles. The average Bonchev–Trinajstić information content (AvgIpc) is 3.08. The lowest BCUT2D eigenvalue weighted by Crippen LogP contribution is -2.41. The maximum atomic E-state index is 12.2. The predicted molar refractivity (Wildman–Crippen MR) is 113 cm³/mol. The van der Waals surface area contributed by atoms with E-state index in [2.05, 4.69) is 5.32 Å². The fourth-order valence-corrected chi connectivity index (χ4v) is 2.95. The Morgan fingerprint density at radius 1 is 1.13 bits per heavy atom. The Labute approximate surface area is 177 Å². The van der Waals surface area contributed by atoms with Crippen molar-refractivity contribution in [3.05, 3.63) is 24.3 Å². The van der Waals surface area contributed by atoms with Crippen LogP contribution in [0.1, 0.15) is 34.6 Å². The third-order valence-corrected chi connectivity index (χ3v) is 4.21. The first kappa shape index (κ1) is 23.5. The number of alkyl carbamates (subject to hydrolysis) is 1. The first-order chi connectivity index (χ1) is 14.2. The van der Waals surface area contributed by atoms with E-state index in [4.69, 9.17) is 14.2 Å². The zero-order valence-corrected chi connectivity index (χ0v) is 18.3. The van der Waals surface area contributed by atoms with Crippen molar-refractivity contribution in [3.63, 3.8) is 0 Å². The molecule has 0 saturated carbocycles. The summed E-state index contributed by atoms with van der Waals surface area (Å²) in [7, 11) is 0. The van der Waals surface area contributed by atoms with E-state index in [1.807, 2.05) is 13.8 Å². The van der Waals surface area contributed by atoms with Gasteiger partial charge in [0.1, 0.15) is 18.3 Å². The maximum absolute atomic E-state index is 12.2. The molecule has 1 aromatic carbocycles. The maximum Gasteiger partial charge on any atom is 0.414 e. The summed E-state index contributed by atoms with van der Waals surface area (Å²) >= 11 is 0. The number of carbonyl (C=O) groups is 3. The lowest BCUT2D eigenvalue weighted by atomic mass is 10.2. The summed E-state index contributed by atoms with van der Waals surface area (Å²) in [5.41, 5.74) is 0.827. The molecule has 1 atom stereocenters. The normalized spacial score (nSPS) is 19.0. The van der Waals surface area contributed by atoms with Gasteiger partial charge in [-0.1, -0.05) is 13.8 Å². The highest BCUT2D eigenvalue weighted by Gasteiger charge is 2.33. The van der Waals surface area contributed by atoms with Gasteiger partial charge < -0.3 is 24.4 Å². The number of nitrogens with one attached hydrogen (secondary N) is 1. The molecule has 0 aromatic heterocycles.